The van der Waals surface area contributed by atoms with Gasteiger partial charge in [0.15, 0.2) is 0 Å². The molecule has 1 aliphatic heterocycles. The van der Waals surface area contributed by atoms with Gasteiger partial charge in [-0.05, 0) is 43.0 Å². The third kappa shape index (κ3) is 3.74. The second-order valence-corrected chi connectivity index (χ2v) is 7.19. The molecule has 1 N–H and O–H groups in total. The van der Waals surface area contributed by atoms with E-state index < -0.39 is 16.1 Å². The van der Waals surface area contributed by atoms with Crippen LogP contribution in [0.15, 0.2) is 29.2 Å². The van der Waals surface area contributed by atoms with Gasteiger partial charge in [-0.15, -0.1) is 0 Å². The molecule has 1 aliphatic rings. The molecule has 0 saturated carbocycles. The molecule has 1 saturated heterocycles. The Kier molecular flexibility index (Phi) is 4.84. The summed E-state index contributed by atoms with van der Waals surface area (Å²) in [6.45, 7) is 3.18. The highest BCUT2D eigenvalue weighted by Gasteiger charge is 2.28. The van der Waals surface area contributed by atoms with E-state index in [0.717, 1.165) is 12.8 Å². The van der Waals surface area contributed by atoms with Crippen molar-refractivity contribution < 1.29 is 17.9 Å². The van der Waals surface area contributed by atoms with E-state index in [1.807, 2.05) is 0 Å². The minimum atomic E-state index is -3.46. The molecule has 0 unspecified atom stereocenters. The van der Waals surface area contributed by atoms with Gasteiger partial charge in [0.05, 0.1) is 12.0 Å². The van der Waals surface area contributed by atoms with Crippen molar-refractivity contribution in [3.05, 3.63) is 24.3 Å². The van der Waals surface area contributed by atoms with Crippen LogP contribution in [0.25, 0.3) is 0 Å². The molecule has 6 nitrogen and oxygen atoms in total. The zero-order valence-corrected chi connectivity index (χ0v) is 13.0. The summed E-state index contributed by atoms with van der Waals surface area (Å²) in [5.74, 6) is 0.383. The molecular weight excluding hydrogens is 292 g/mol. The number of piperidine rings is 1. The summed E-state index contributed by atoms with van der Waals surface area (Å²) in [5, 5.41) is 2.49. The maximum Gasteiger partial charge on any atom is 0.411 e. The van der Waals surface area contributed by atoms with Gasteiger partial charge >= 0.3 is 6.09 Å². The number of amides is 1. The van der Waals surface area contributed by atoms with Crippen LogP contribution in [0.4, 0.5) is 10.5 Å². The first kappa shape index (κ1) is 15.8. The Bertz CT molecular complexity index is 598. The van der Waals surface area contributed by atoms with Gasteiger partial charge in [0, 0.05) is 18.8 Å². The molecular formula is C14H20N2O4S. The molecule has 0 aromatic heterocycles. The third-order valence-corrected chi connectivity index (χ3v) is 5.42. The quantitative estimate of drug-likeness (QED) is 0.929. The average molecular weight is 312 g/mol. The van der Waals surface area contributed by atoms with Crippen LogP contribution in [-0.2, 0) is 14.8 Å². The molecule has 116 valence electrons. The lowest BCUT2D eigenvalue weighted by Gasteiger charge is -2.30. The Hall–Kier alpha value is -1.60. The van der Waals surface area contributed by atoms with Gasteiger partial charge in [-0.25, -0.2) is 13.2 Å². The third-order valence-electron chi connectivity index (χ3n) is 3.54. The highest BCUT2D eigenvalue weighted by atomic mass is 32.2. The van der Waals surface area contributed by atoms with Crippen LogP contribution < -0.4 is 5.32 Å². The first-order chi connectivity index (χ1) is 9.93. The predicted octanol–water partition coefficient (Wildman–Crippen LogP) is 2.29. The molecule has 1 amide bonds. The molecule has 2 rings (SSSR count). The molecule has 0 spiro atoms. The maximum absolute atomic E-state index is 12.5. The van der Waals surface area contributed by atoms with Crippen molar-refractivity contribution in [2.75, 3.05) is 25.5 Å². The molecule has 1 aromatic rings. The van der Waals surface area contributed by atoms with Gasteiger partial charge in [0.2, 0.25) is 10.0 Å². The van der Waals surface area contributed by atoms with E-state index in [-0.39, 0.29) is 4.90 Å². The predicted molar refractivity (Wildman–Crippen MR) is 79.6 cm³/mol. The zero-order valence-electron chi connectivity index (χ0n) is 12.2. The summed E-state index contributed by atoms with van der Waals surface area (Å²) >= 11 is 0. The van der Waals surface area contributed by atoms with E-state index in [1.54, 1.807) is 12.1 Å². The van der Waals surface area contributed by atoms with Crippen LogP contribution in [0.3, 0.4) is 0 Å². The summed E-state index contributed by atoms with van der Waals surface area (Å²) in [6, 6.07) is 6.11. The zero-order chi connectivity index (χ0) is 15.5. The average Bonchev–Trinajstić information content (AvgIpc) is 2.47. The van der Waals surface area contributed by atoms with Crippen LogP contribution >= 0.6 is 0 Å². The van der Waals surface area contributed by atoms with Gasteiger partial charge in [-0.2, -0.15) is 4.31 Å². The monoisotopic (exact) mass is 312 g/mol. The Balaban J connectivity index is 2.15. The van der Waals surface area contributed by atoms with Crippen LogP contribution in [0.5, 0.6) is 0 Å². The molecule has 21 heavy (non-hydrogen) atoms. The minimum Gasteiger partial charge on any atom is -0.453 e. The van der Waals surface area contributed by atoms with Crippen LogP contribution in [-0.4, -0.2) is 39.0 Å². The smallest absolute Gasteiger partial charge is 0.411 e. The van der Waals surface area contributed by atoms with Crippen molar-refractivity contribution in [3.8, 4) is 0 Å². The number of hydrogen-bond donors (Lipinski definition) is 1. The van der Waals surface area contributed by atoms with E-state index in [0.29, 0.717) is 24.7 Å². The molecule has 1 aromatic carbocycles. The minimum absolute atomic E-state index is 0.243. The number of hydrogen-bond acceptors (Lipinski definition) is 4. The second kappa shape index (κ2) is 6.44. The summed E-state index contributed by atoms with van der Waals surface area (Å²) in [6.07, 6.45) is 1.37. The van der Waals surface area contributed by atoms with E-state index in [2.05, 4.69) is 17.0 Å². The highest BCUT2D eigenvalue weighted by molar-refractivity contribution is 7.89. The molecule has 1 fully saturated rings. The number of anilines is 1. The molecule has 1 atom stereocenters. The van der Waals surface area contributed by atoms with Gasteiger partial charge in [-0.3, -0.25) is 5.32 Å². The molecule has 7 heteroatoms. The SMILES string of the molecule is COC(=O)Nc1ccc(S(=O)(=O)N2CCC[C@@H](C)C2)cc1. The van der Waals surface area contributed by atoms with E-state index in [9.17, 15) is 13.2 Å². The largest absolute Gasteiger partial charge is 0.453 e. The van der Waals surface area contributed by atoms with Crippen molar-refractivity contribution in [2.24, 2.45) is 5.92 Å². The Morgan fingerprint density at radius 2 is 2.00 bits per heavy atom. The van der Waals surface area contributed by atoms with Gasteiger partial charge < -0.3 is 4.74 Å². The van der Waals surface area contributed by atoms with Crippen LogP contribution in [0.1, 0.15) is 19.8 Å². The number of carbonyl (C=O) groups excluding carboxylic acids is 1. The Morgan fingerprint density at radius 1 is 1.33 bits per heavy atom. The van der Waals surface area contributed by atoms with Crippen molar-refractivity contribution in [2.45, 2.75) is 24.7 Å². The Morgan fingerprint density at radius 3 is 2.57 bits per heavy atom. The van der Waals surface area contributed by atoms with Gasteiger partial charge in [-0.1, -0.05) is 6.92 Å². The number of methoxy groups -OCH3 is 1. The normalized spacial score (nSPS) is 20.0. The highest BCUT2D eigenvalue weighted by Crippen LogP contribution is 2.24. The number of nitrogens with one attached hydrogen (secondary N) is 1. The summed E-state index contributed by atoms with van der Waals surface area (Å²) < 4.78 is 31.1. The number of sulfonamides is 1. The van der Waals surface area contributed by atoms with Crippen molar-refractivity contribution in [1.29, 1.82) is 0 Å². The number of benzene rings is 1. The summed E-state index contributed by atoms with van der Waals surface area (Å²) in [7, 11) is -2.19. The lowest BCUT2D eigenvalue weighted by molar-refractivity contribution is 0.187. The van der Waals surface area contributed by atoms with Crippen LogP contribution in [0.2, 0.25) is 0 Å². The molecule has 1 heterocycles. The van der Waals surface area contributed by atoms with Crippen molar-refractivity contribution in [3.63, 3.8) is 0 Å². The fraction of sp³-hybridized carbons (Fsp3) is 0.500. The summed E-state index contributed by atoms with van der Waals surface area (Å²) in [5.41, 5.74) is 0.493. The van der Waals surface area contributed by atoms with Gasteiger partial charge in [0.25, 0.3) is 0 Å². The molecule has 0 aliphatic carbocycles. The lowest BCUT2D eigenvalue weighted by Crippen LogP contribution is -2.39. The van der Waals surface area contributed by atoms with Crippen molar-refractivity contribution in [1.82, 2.24) is 4.31 Å². The fourth-order valence-corrected chi connectivity index (χ4v) is 3.99. The Labute approximate surface area is 125 Å². The maximum atomic E-state index is 12.5. The summed E-state index contributed by atoms with van der Waals surface area (Å²) in [4.78, 5) is 11.3. The van der Waals surface area contributed by atoms with E-state index in [1.165, 1.54) is 23.5 Å². The molecule has 0 radical (unpaired) electrons. The first-order valence-corrected chi connectivity index (χ1v) is 8.32. The van der Waals surface area contributed by atoms with Crippen LogP contribution in [0, 0.1) is 5.92 Å². The first-order valence-electron chi connectivity index (χ1n) is 6.88. The van der Waals surface area contributed by atoms with E-state index in [4.69, 9.17) is 0 Å². The number of rotatable bonds is 3. The number of carbonyl (C=O) groups is 1. The fourth-order valence-electron chi connectivity index (χ4n) is 2.39. The number of nitrogens with zero attached hydrogens (tertiary/aromatic N) is 1. The van der Waals surface area contributed by atoms with Gasteiger partial charge in [0.1, 0.15) is 0 Å². The van der Waals surface area contributed by atoms with Crippen molar-refractivity contribution >= 4 is 21.8 Å². The molecule has 0 bridgehead atoms. The second-order valence-electron chi connectivity index (χ2n) is 5.25. The van der Waals surface area contributed by atoms with E-state index >= 15 is 0 Å². The standard InChI is InChI=1S/C14H20N2O4S/c1-11-4-3-9-16(10-11)21(18,19)13-7-5-12(6-8-13)15-14(17)20-2/h5-8,11H,3-4,9-10H2,1-2H3,(H,15,17)/t11-/m1/s1. The number of ether oxygens (including phenoxy) is 1. The topological polar surface area (TPSA) is 75.7 Å². The lowest BCUT2D eigenvalue weighted by atomic mass is 10.0.